The number of H-pyrrole nitrogens is 1. The highest BCUT2D eigenvalue weighted by Crippen LogP contribution is 2.41. The fraction of sp³-hybridized carbons (Fsp3) is 0.280. The molecule has 2 aromatic carbocycles. The van der Waals surface area contributed by atoms with Gasteiger partial charge in [0, 0.05) is 41.9 Å². The van der Waals surface area contributed by atoms with E-state index in [2.05, 4.69) is 4.98 Å². The molecule has 0 spiro atoms. The Morgan fingerprint density at radius 3 is 2.53 bits per heavy atom. The number of benzene rings is 2. The van der Waals surface area contributed by atoms with Gasteiger partial charge in [-0.2, -0.15) is 0 Å². The van der Waals surface area contributed by atoms with Crippen LogP contribution in [0.4, 0.5) is 0 Å². The minimum atomic E-state index is -0.729. The number of likely N-dealkylation sites (tertiary alicyclic amines) is 1. The first-order valence-electron chi connectivity index (χ1n) is 10.5. The lowest BCUT2D eigenvalue weighted by molar-refractivity contribution is -0.140. The summed E-state index contributed by atoms with van der Waals surface area (Å²) < 4.78 is 10.8. The number of nitrogens with zero attached hydrogens (tertiary/aromatic N) is 1. The van der Waals surface area contributed by atoms with Crippen molar-refractivity contribution in [2.75, 3.05) is 20.3 Å². The van der Waals surface area contributed by atoms with E-state index >= 15 is 0 Å². The number of carbonyl (C=O) groups is 2. The third-order valence-electron chi connectivity index (χ3n) is 5.49. The van der Waals surface area contributed by atoms with Crippen LogP contribution in [0.3, 0.4) is 0 Å². The SMILES string of the molecule is COCCN1C(=O)C(=O)/C(=C(/O)c2ccc(OC(C)C)cc2)C1c1c[nH]c2ccccc12. The average Bonchev–Trinajstić information content (AvgIpc) is 3.31. The highest BCUT2D eigenvalue weighted by atomic mass is 16.5. The molecule has 0 aliphatic carbocycles. The van der Waals surface area contributed by atoms with Gasteiger partial charge in [0.25, 0.3) is 11.7 Å². The minimum absolute atomic E-state index is 0.0161. The molecule has 0 bridgehead atoms. The number of ketones is 1. The Morgan fingerprint density at radius 1 is 1.12 bits per heavy atom. The van der Waals surface area contributed by atoms with E-state index in [1.54, 1.807) is 30.5 Å². The molecule has 1 aliphatic heterocycles. The van der Waals surface area contributed by atoms with Crippen molar-refractivity contribution in [2.24, 2.45) is 0 Å². The van der Waals surface area contributed by atoms with Crippen LogP contribution in [0.15, 0.2) is 60.3 Å². The van der Waals surface area contributed by atoms with Crippen molar-refractivity contribution in [3.63, 3.8) is 0 Å². The summed E-state index contributed by atoms with van der Waals surface area (Å²) in [6.45, 7) is 4.35. The molecule has 166 valence electrons. The molecule has 1 atom stereocenters. The molecule has 1 amide bonds. The Hall–Kier alpha value is -3.58. The summed E-state index contributed by atoms with van der Waals surface area (Å²) >= 11 is 0. The van der Waals surface area contributed by atoms with E-state index in [4.69, 9.17) is 9.47 Å². The van der Waals surface area contributed by atoms with Crippen LogP contribution in [0, 0.1) is 0 Å². The number of rotatable bonds is 7. The van der Waals surface area contributed by atoms with Gasteiger partial charge in [-0.1, -0.05) is 18.2 Å². The Kier molecular flexibility index (Phi) is 6.01. The van der Waals surface area contributed by atoms with Crippen LogP contribution in [0.2, 0.25) is 0 Å². The first kappa shape index (κ1) is 21.6. The maximum atomic E-state index is 13.1. The second kappa shape index (κ2) is 8.88. The Morgan fingerprint density at radius 2 is 1.84 bits per heavy atom. The normalized spacial score (nSPS) is 18.1. The standard InChI is InChI=1S/C25H26N2O5/c1-15(2)32-17-10-8-16(9-11-17)23(28)21-22(27(12-13-31-3)25(30)24(21)29)19-14-26-20-7-5-4-6-18(19)20/h4-11,14-15,22,26,28H,12-13H2,1-3H3/b23-21+. The number of Topliss-reactive ketones (excluding diaryl/α,β-unsaturated/α-hetero) is 1. The van der Waals surface area contributed by atoms with Crippen molar-refractivity contribution in [1.82, 2.24) is 9.88 Å². The number of hydrogen-bond donors (Lipinski definition) is 2. The van der Waals surface area contributed by atoms with E-state index in [0.717, 1.165) is 16.5 Å². The molecule has 0 saturated carbocycles. The van der Waals surface area contributed by atoms with Gasteiger partial charge in [-0.15, -0.1) is 0 Å². The number of amides is 1. The molecular weight excluding hydrogens is 408 g/mol. The highest BCUT2D eigenvalue weighted by molar-refractivity contribution is 6.46. The second-order valence-corrected chi connectivity index (χ2v) is 7.97. The van der Waals surface area contributed by atoms with Gasteiger partial charge in [-0.25, -0.2) is 0 Å². The van der Waals surface area contributed by atoms with Crippen molar-refractivity contribution in [2.45, 2.75) is 26.0 Å². The van der Waals surface area contributed by atoms with Crippen molar-refractivity contribution >= 4 is 28.4 Å². The number of aromatic amines is 1. The van der Waals surface area contributed by atoms with Crippen molar-refractivity contribution in [3.8, 4) is 5.75 Å². The molecule has 4 rings (SSSR count). The molecule has 7 heteroatoms. The third-order valence-corrected chi connectivity index (χ3v) is 5.49. The number of aliphatic hydroxyl groups is 1. The van der Waals surface area contributed by atoms with Crippen LogP contribution in [0.1, 0.15) is 31.0 Å². The summed E-state index contributed by atoms with van der Waals surface area (Å²) in [5.74, 6) is -0.921. The average molecular weight is 434 g/mol. The van der Waals surface area contributed by atoms with Crippen LogP contribution in [0.5, 0.6) is 5.75 Å². The van der Waals surface area contributed by atoms with Gasteiger partial charge in [0.1, 0.15) is 11.5 Å². The van der Waals surface area contributed by atoms with E-state index < -0.39 is 17.7 Å². The zero-order valence-corrected chi connectivity index (χ0v) is 18.3. The summed E-state index contributed by atoms with van der Waals surface area (Å²) in [6.07, 6.45) is 1.80. The molecule has 1 aromatic heterocycles. The Bertz CT molecular complexity index is 1180. The monoisotopic (exact) mass is 434 g/mol. The van der Waals surface area contributed by atoms with Crippen LogP contribution < -0.4 is 4.74 Å². The van der Waals surface area contributed by atoms with E-state index in [1.807, 2.05) is 38.1 Å². The predicted octanol–water partition coefficient (Wildman–Crippen LogP) is 4.02. The van der Waals surface area contributed by atoms with Crippen LogP contribution in [-0.4, -0.2) is 53.0 Å². The van der Waals surface area contributed by atoms with Gasteiger partial charge in [-0.05, 0) is 44.2 Å². The smallest absolute Gasteiger partial charge is 0.295 e. The number of para-hydroxylation sites is 1. The van der Waals surface area contributed by atoms with E-state index in [-0.39, 0.29) is 30.6 Å². The zero-order chi connectivity index (χ0) is 22.8. The number of aliphatic hydroxyl groups excluding tert-OH is 1. The zero-order valence-electron chi connectivity index (χ0n) is 18.3. The van der Waals surface area contributed by atoms with Gasteiger partial charge < -0.3 is 24.5 Å². The number of methoxy groups -OCH3 is 1. The maximum absolute atomic E-state index is 13.1. The first-order valence-corrected chi connectivity index (χ1v) is 10.5. The van der Waals surface area contributed by atoms with Crippen molar-refractivity contribution in [1.29, 1.82) is 0 Å². The van der Waals surface area contributed by atoms with Crippen LogP contribution in [0.25, 0.3) is 16.7 Å². The third kappa shape index (κ3) is 3.87. The predicted molar refractivity (Wildman–Crippen MR) is 121 cm³/mol. The molecule has 2 heterocycles. The van der Waals surface area contributed by atoms with Crippen LogP contribution in [-0.2, 0) is 14.3 Å². The first-order chi connectivity index (χ1) is 15.4. The maximum Gasteiger partial charge on any atom is 0.295 e. The minimum Gasteiger partial charge on any atom is -0.507 e. The summed E-state index contributed by atoms with van der Waals surface area (Å²) in [7, 11) is 1.54. The molecule has 1 fully saturated rings. The Balaban J connectivity index is 1.84. The summed E-state index contributed by atoms with van der Waals surface area (Å²) in [6, 6.07) is 13.8. The number of aromatic nitrogens is 1. The highest BCUT2D eigenvalue weighted by Gasteiger charge is 2.46. The topological polar surface area (TPSA) is 91.9 Å². The Labute approximate surface area is 186 Å². The molecule has 3 aromatic rings. The van der Waals surface area contributed by atoms with Gasteiger partial charge in [0.15, 0.2) is 0 Å². The molecule has 1 unspecified atom stereocenters. The van der Waals surface area contributed by atoms with Crippen molar-refractivity contribution in [3.05, 3.63) is 71.4 Å². The fourth-order valence-corrected chi connectivity index (χ4v) is 4.06. The lowest BCUT2D eigenvalue weighted by atomic mass is 9.95. The molecular formula is C25H26N2O5. The number of nitrogens with one attached hydrogen (secondary N) is 1. The van der Waals surface area contributed by atoms with Gasteiger partial charge in [0.05, 0.1) is 24.3 Å². The van der Waals surface area contributed by atoms with Gasteiger partial charge >= 0.3 is 0 Å². The van der Waals surface area contributed by atoms with E-state index in [0.29, 0.717) is 11.3 Å². The molecule has 1 aliphatic rings. The summed E-state index contributed by atoms with van der Waals surface area (Å²) in [5.41, 5.74) is 2.14. The van der Waals surface area contributed by atoms with E-state index in [9.17, 15) is 14.7 Å². The fourth-order valence-electron chi connectivity index (χ4n) is 4.06. The van der Waals surface area contributed by atoms with E-state index in [1.165, 1.54) is 12.0 Å². The van der Waals surface area contributed by atoms with Crippen molar-refractivity contribution < 1.29 is 24.2 Å². The second-order valence-electron chi connectivity index (χ2n) is 7.97. The van der Waals surface area contributed by atoms with Gasteiger partial charge in [-0.3, -0.25) is 9.59 Å². The lowest BCUT2D eigenvalue weighted by Crippen LogP contribution is -2.32. The summed E-state index contributed by atoms with van der Waals surface area (Å²) in [5, 5.41) is 12.0. The molecule has 0 radical (unpaired) electrons. The van der Waals surface area contributed by atoms with Gasteiger partial charge in [0.2, 0.25) is 0 Å². The lowest BCUT2D eigenvalue weighted by Gasteiger charge is -2.24. The molecule has 32 heavy (non-hydrogen) atoms. The largest absolute Gasteiger partial charge is 0.507 e. The quantitative estimate of drug-likeness (QED) is 0.333. The number of fused-ring (bicyclic) bond motifs is 1. The summed E-state index contributed by atoms with van der Waals surface area (Å²) in [4.78, 5) is 30.6. The van der Waals surface area contributed by atoms with Crippen LogP contribution >= 0.6 is 0 Å². The number of ether oxygens (including phenoxy) is 2. The number of carbonyl (C=O) groups excluding carboxylic acids is 2. The molecule has 2 N–H and O–H groups in total. The molecule has 7 nitrogen and oxygen atoms in total. The number of hydrogen-bond acceptors (Lipinski definition) is 5. The molecule has 1 saturated heterocycles.